The van der Waals surface area contributed by atoms with Crippen molar-refractivity contribution in [2.45, 2.75) is 19.4 Å². The topological polar surface area (TPSA) is 78.8 Å². The standard InChI is InChI=1S/C13H16ClNO4/c1-6-8(14)4-10(19-2)12(16)11(6)9-3-7(5-15-9)13(17)18/h4,7,9,15-16H,3,5H2,1-2H3,(H,17,18). The molecule has 6 heteroatoms. The van der Waals surface area contributed by atoms with E-state index in [1.807, 2.05) is 0 Å². The van der Waals surface area contributed by atoms with Crippen molar-refractivity contribution < 1.29 is 19.7 Å². The van der Waals surface area contributed by atoms with Gasteiger partial charge < -0.3 is 20.3 Å². The number of aromatic hydroxyl groups is 1. The first kappa shape index (κ1) is 14.0. The third-order valence-corrected chi connectivity index (χ3v) is 3.95. The third kappa shape index (κ3) is 2.48. The number of carboxylic acid groups (broad SMARTS) is 1. The fourth-order valence-electron chi connectivity index (χ4n) is 2.46. The first-order valence-electron chi connectivity index (χ1n) is 5.97. The van der Waals surface area contributed by atoms with E-state index in [0.29, 0.717) is 29.3 Å². The van der Waals surface area contributed by atoms with Crippen molar-refractivity contribution in [1.29, 1.82) is 0 Å². The van der Waals surface area contributed by atoms with Gasteiger partial charge in [-0.05, 0) is 18.9 Å². The Morgan fingerprint density at radius 3 is 2.79 bits per heavy atom. The summed E-state index contributed by atoms with van der Waals surface area (Å²) in [5, 5.41) is 22.8. The number of aliphatic carboxylic acids is 1. The lowest BCUT2D eigenvalue weighted by molar-refractivity contribution is -0.141. The number of benzene rings is 1. The van der Waals surface area contributed by atoms with E-state index in [2.05, 4.69) is 5.32 Å². The van der Waals surface area contributed by atoms with E-state index in [1.165, 1.54) is 7.11 Å². The highest BCUT2D eigenvalue weighted by atomic mass is 35.5. The minimum atomic E-state index is -0.832. The highest BCUT2D eigenvalue weighted by Gasteiger charge is 2.33. The molecule has 2 rings (SSSR count). The molecule has 0 aliphatic carbocycles. The molecule has 1 fully saturated rings. The number of hydrogen-bond acceptors (Lipinski definition) is 4. The Kier molecular flexibility index (Phi) is 3.87. The molecule has 5 nitrogen and oxygen atoms in total. The number of rotatable bonds is 3. The first-order valence-corrected chi connectivity index (χ1v) is 6.35. The largest absolute Gasteiger partial charge is 0.504 e. The number of carboxylic acids is 1. The van der Waals surface area contributed by atoms with Gasteiger partial charge in [-0.2, -0.15) is 0 Å². The lowest BCUT2D eigenvalue weighted by atomic mass is 9.95. The van der Waals surface area contributed by atoms with Crippen molar-refractivity contribution in [1.82, 2.24) is 5.32 Å². The molecular weight excluding hydrogens is 270 g/mol. The SMILES string of the molecule is COc1cc(Cl)c(C)c(C2CC(C(=O)O)CN2)c1O. The van der Waals surface area contributed by atoms with Crippen LogP contribution in [0, 0.1) is 12.8 Å². The van der Waals surface area contributed by atoms with E-state index >= 15 is 0 Å². The van der Waals surface area contributed by atoms with Gasteiger partial charge in [0.1, 0.15) is 0 Å². The highest BCUT2D eigenvalue weighted by Crippen LogP contribution is 2.43. The molecule has 1 aliphatic heterocycles. The second kappa shape index (κ2) is 5.27. The molecule has 19 heavy (non-hydrogen) atoms. The van der Waals surface area contributed by atoms with E-state index in [4.69, 9.17) is 21.4 Å². The minimum absolute atomic E-state index is 0.0212. The van der Waals surface area contributed by atoms with Crippen LogP contribution >= 0.6 is 11.6 Å². The van der Waals surface area contributed by atoms with Gasteiger partial charge in [0.25, 0.3) is 0 Å². The second-order valence-corrected chi connectivity index (χ2v) is 5.09. The third-order valence-electron chi connectivity index (χ3n) is 3.56. The fourth-order valence-corrected chi connectivity index (χ4v) is 2.66. The number of methoxy groups -OCH3 is 1. The van der Waals surface area contributed by atoms with Crippen LogP contribution in [0.1, 0.15) is 23.6 Å². The molecule has 0 bridgehead atoms. The lowest BCUT2D eigenvalue weighted by Gasteiger charge is -2.19. The molecule has 0 amide bonds. The zero-order chi connectivity index (χ0) is 14.2. The summed E-state index contributed by atoms with van der Waals surface area (Å²) in [5.41, 5.74) is 1.36. The zero-order valence-electron chi connectivity index (χ0n) is 10.7. The Labute approximate surface area is 116 Å². The van der Waals surface area contributed by atoms with Crippen LogP contribution in [-0.2, 0) is 4.79 Å². The number of ether oxygens (including phenoxy) is 1. The Bertz CT molecular complexity index is 518. The van der Waals surface area contributed by atoms with Crippen LogP contribution in [0.15, 0.2) is 6.07 Å². The summed E-state index contributed by atoms with van der Waals surface area (Å²) in [6, 6.07) is 1.33. The van der Waals surface area contributed by atoms with Gasteiger partial charge in [0.05, 0.1) is 13.0 Å². The quantitative estimate of drug-likeness (QED) is 0.793. The van der Waals surface area contributed by atoms with Crippen molar-refractivity contribution in [3.8, 4) is 11.5 Å². The summed E-state index contributed by atoms with van der Waals surface area (Å²) < 4.78 is 5.08. The normalized spacial score (nSPS) is 22.5. The van der Waals surface area contributed by atoms with Crippen LogP contribution in [0.2, 0.25) is 5.02 Å². The van der Waals surface area contributed by atoms with Crippen LogP contribution in [0.4, 0.5) is 0 Å². The molecule has 0 spiro atoms. The van der Waals surface area contributed by atoms with Gasteiger partial charge in [-0.25, -0.2) is 0 Å². The molecule has 1 aromatic rings. The van der Waals surface area contributed by atoms with Crippen LogP contribution in [-0.4, -0.2) is 29.8 Å². The van der Waals surface area contributed by atoms with E-state index in [-0.39, 0.29) is 11.8 Å². The van der Waals surface area contributed by atoms with Crippen molar-refractivity contribution >= 4 is 17.6 Å². The van der Waals surface area contributed by atoms with Crippen molar-refractivity contribution in [3.63, 3.8) is 0 Å². The molecular formula is C13H16ClNO4. The van der Waals surface area contributed by atoms with Crippen LogP contribution in [0.5, 0.6) is 11.5 Å². The first-order chi connectivity index (χ1) is 8.95. The molecule has 1 saturated heterocycles. The van der Waals surface area contributed by atoms with Gasteiger partial charge in [0.2, 0.25) is 0 Å². The Balaban J connectivity index is 2.40. The molecule has 0 saturated carbocycles. The Hall–Kier alpha value is -1.46. The highest BCUT2D eigenvalue weighted by molar-refractivity contribution is 6.31. The maximum atomic E-state index is 11.0. The predicted molar refractivity (Wildman–Crippen MR) is 70.9 cm³/mol. The summed E-state index contributed by atoms with van der Waals surface area (Å²) in [6.07, 6.45) is 0.424. The maximum Gasteiger partial charge on any atom is 0.307 e. The van der Waals surface area contributed by atoms with Crippen molar-refractivity contribution in [2.24, 2.45) is 5.92 Å². The molecule has 1 heterocycles. The summed E-state index contributed by atoms with van der Waals surface area (Å²) in [4.78, 5) is 11.0. The Morgan fingerprint density at radius 1 is 1.58 bits per heavy atom. The second-order valence-electron chi connectivity index (χ2n) is 4.68. The van der Waals surface area contributed by atoms with Gasteiger partial charge in [0, 0.05) is 29.2 Å². The lowest BCUT2D eigenvalue weighted by Crippen LogP contribution is -2.17. The molecule has 0 radical (unpaired) electrons. The minimum Gasteiger partial charge on any atom is -0.504 e. The van der Waals surface area contributed by atoms with Gasteiger partial charge in [-0.3, -0.25) is 4.79 Å². The summed E-state index contributed by atoms with van der Waals surface area (Å²) in [7, 11) is 1.45. The number of carbonyl (C=O) groups is 1. The average molecular weight is 286 g/mol. The van der Waals surface area contributed by atoms with E-state index in [1.54, 1.807) is 13.0 Å². The van der Waals surface area contributed by atoms with Gasteiger partial charge in [0.15, 0.2) is 11.5 Å². The number of halogens is 1. The monoisotopic (exact) mass is 285 g/mol. The fraction of sp³-hybridized carbons (Fsp3) is 0.462. The smallest absolute Gasteiger partial charge is 0.307 e. The summed E-state index contributed by atoms with van der Waals surface area (Å²) in [6.45, 7) is 2.18. The van der Waals surface area contributed by atoms with Crippen molar-refractivity contribution in [3.05, 3.63) is 22.2 Å². The van der Waals surface area contributed by atoms with Crippen molar-refractivity contribution in [2.75, 3.05) is 13.7 Å². The number of nitrogens with one attached hydrogen (secondary N) is 1. The predicted octanol–water partition coefficient (Wildman–Crippen LogP) is 2.10. The van der Waals surface area contributed by atoms with Crippen LogP contribution in [0.25, 0.3) is 0 Å². The maximum absolute atomic E-state index is 11.0. The molecule has 2 atom stereocenters. The zero-order valence-corrected chi connectivity index (χ0v) is 11.5. The van der Waals surface area contributed by atoms with Gasteiger partial charge in [-0.15, -0.1) is 0 Å². The summed E-state index contributed by atoms with van der Waals surface area (Å²) >= 11 is 6.11. The van der Waals surface area contributed by atoms with E-state index in [0.717, 1.165) is 5.56 Å². The molecule has 104 valence electrons. The molecule has 0 aromatic heterocycles. The molecule has 1 aromatic carbocycles. The number of hydrogen-bond donors (Lipinski definition) is 3. The van der Waals surface area contributed by atoms with Crippen LogP contribution in [0.3, 0.4) is 0 Å². The average Bonchev–Trinajstić information content (AvgIpc) is 2.83. The van der Waals surface area contributed by atoms with E-state index in [9.17, 15) is 9.90 Å². The summed E-state index contributed by atoms with van der Waals surface area (Å²) in [5.74, 6) is -0.964. The Morgan fingerprint density at radius 2 is 2.26 bits per heavy atom. The van der Waals surface area contributed by atoms with Gasteiger partial charge >= 0.3 is 5.97 Å². The van der Waals surface area contributed by atoms with Gasteiger partial charge in [-0.1, -0.05) is 11.6 Å². The molecule has 1 aliphatic rings. The van der Waals surface area contributed by atoms with Crippen LogP contribution < -0.4 is 10.1 Å². The number of phenols is 1. The molecule has 2 unspecified atom stereocenters. The van der Waals surface area contributed by atoms with E-state index < -0.39 is 11.9 Å². The number of phenolic OH excluding ortho intramolecular Hbond substituents is 1. The molecule has 3 N–H and O–H groups in total.